The third-order valence-corrected chi connectivity index (χ3v) is 7.81. The molecule has 2 aliphatic carbocycles. The first-order valence-electron chi connectivity index (χ1n) is 12.4. The number of hydrogen-bond acceptors (Lipinski definition) is 12. The van der Waals surface area contributed by atoms with E-state index in [0.29, 0.717) is 0 Å². The fraction of sp³-hybridized carbons (Fsp3) is 0.444. The summed E-state index contributed by atoms with van der Waals surface area (Å²) in [4.78, 5) is 39.7. The second kappa shape index (κ2) is 10.7. The van der Waals surface area contributed by atoms with E-state index in [1.807, 2.05) is 0 Å². The minimum Gasteiger partial charge on any atom is -1.00 e. The zero-order chi connectivity index (χ0) is 28.4. The maximum Gasteiger partial charge on any atom is 0.202 e. The first kappa shape index (κ1) is 29.9. The van der Waals surface area contributed by atoms with E-state index in [0.717, 1.165) is 0 Å². The lowest BCUT2D eigenvalue weighted by molar-refractivity contribution is -0.247. The first-order chi connectivity index (χ1) is 18.4. The number of Topliss-reactive ketones (excluding diaryl/α,β-unsaturated/α-hetero) is 1. The van der Waals surface area contributed by atoms with Gasteiger partial charge in [-0.25, -0.2) is 0 Å². The second-order valence-corrected chi connectivity index (χ2v) is 10.2. The molecule has 1 fully saturated rings. The smallest absolute Gasteiger partial charge is 0.202 e. The van der Waals surface area contributed by atoms with Gasteiger partial charge in [-0.15, -0.1) is 0 Å². The van der Waals surface area contributed by atoms with Crippen molar-refractivity contribution in [3.63, 3.8) is 0 Å². The Morgan fingerprint density at radius 2 is 1.82 bits per heavy atom. The van der Waals surface area contributed by atoms with Crippen molar-refractivity contribution in [3.8, 4) is 17.2 Å². The molecule has 0 bridgehead atoms. The topological polar surface area (TPSA) is 206 Å². The average molecular weight is 579 g/mol. The van der Waals surface area contributed by atoms with Crippen LogP contribution in [0.25, 0.3) is 0 Å². The van der Waals surface area contributed by atoms with E-state index < -0.39 is 95.7 Å². The zero-order valence-electron chi connectivity index (χ0n) is 21.6. The van der Waals surface area contributed by atoms with Gasteiger partial charge in [0.15, 0.2) is 17.9 Å². The summed E-state index contributed by atoms with van der Waals surface area (Å²) in [5.74, 6) is -3.77. The van der Waals surface area contributed by atoms with Gasteiger partial charge in [0.05, 0.1) is 42.1 Å². The number of ether oxygens (including phenoxy) is 3. The van der Waals surface area contributed by atoms with Crippen molar-refractivity contribution in [1.82, 2.24) is 0 Å². The molecule has 0 unspecified atom stereocenters. The molecule has 0 saturated carbocycles. The number of nitrogens with two attached hydrogens (primary N) is 1. The Kier molecular flexibility index (Phi) is 8.00. The summed E-state index contributed by atoms with van der Waals surface area (Å²) in [5.41, 5.74) is 2.37. The number of benzene rings is 2. The van der Waals surface area contributed by atoms with E-state index in [2.05, 4.69) is 0 Å². The Labute approximate surface area is 234 Å². The van der Waals surface area contributed by atoms with Gasteiger partial charge in [-0.3, -0.25) is 14.4 Å². The number of hydrogen-bond donors (Lipinski definition) is 6. The molecule has 1 saturated heterocycles. The summed E-state index contributed by atoms with van der Waals surface area (Å²) in [6.07, 6.45) is -5.12. The molecule has 0 amide bonds. The fourth-order valence-electron chi connectivity index (χ4n) is 5.75. The number of rotatable bonds is 5. The molecule has 216 valence electrons. The number of aromatic hydroxyl groups is 2. The van der Waals surface area contributed by atoms with Crippen LogP contribution in [0.3, 0.4) is 0 Å². The second-order valence-electron chi connectivity index (χ2n) is 10.2. The number of carbonyl (C=O) groups excluding carboxylic acids is 3. The molecule has 13 heteroatoms. The lowest BCUT2D eigenvalue weighted by Crippen LogP contribution is -3.00. The Hall–Kier alpha value is -3.10. The van der Waals surface area contributed by atoms with E-state index in [-0.39, 0.29) is 46.8 Å². The molecule has 1 heterocycles. The highest BCUT2D eigenvalue weighted by molar-refractivity contribution is 6.31. The van der Waals surface area contributed by atoms with Crippen molar-refractivity contribution in [3.05, 3.63) is 51.6 Å². The van der Waals surface area contributed by atoms with Crippen molar-refractivity contribution < 1.29 is 66.5 Å². The van der Waals surface area contributed by atoms with Crippen LogP contribution in [0.4, 0.5) is 0 Å². The molecule has 2 aromatic rings. The number of phenolic OH excluding ortho intramolecular Hbond substituents is 2. The van der Waals surface area contributed by atoms with Gasteiger partial charge >= 0.3 is 0 Å². The summed E-state index contributed by atoms with van der Waals surface area (Å²) < 4.78 is 17.0. The van der Waals surface area contributed by atoms with E-state index >= 15 is 0 Å². The van der Waals surface area contributed by atoms with Crippen molar-refractivity contribution in [2.45, 2.75) is 62.4 Å². The molecule has 2 aromatic carbocycles. The lowest BCUT2D eigenvalue weighted by atomic mass is 9.72. The molecule has 0 spiro atoms. The molecule has 7 N–H and O–H groups in total. The minimum absolute atomic E-state index is 0. The SMILES string of the molecule is COc1cccc2c1C(=O)c1c(O)c3c(c(O)c1C2=O)C[C@@](O)(C(=O)CO)C[C@@H]3O[C@@H]1C[C@H](N)[C@@H](O)[C@H](C)O1.[Cl-]. The van der Waals surface area contributed by atoms with Crippen LogP contribution in [0.5, 0.6) is 17.2 Å². The van der Waals surface area contributed by atoms with Crippen LogP contribution in [0.2, 0.25) is 0 Å². The highest BCUT2D eigenvalue weighted by Gasteiger charge is 2.50. The number of fused-ring (bicyclic) bond motifs is 3. The van der Waals surface area contributed by atoms with Crippen molar-refractivity contribution in [2.75, 3.05) is 13.7 Å². The quantitative estimate of drug-likeness (QED) is 0.168. The van der Waals surface area contributed by atoms with Crippen molar-refractivity contribution in [1.29, 1.82) is 0 Å². The van der Waals surface area contributed by atoms with Gasteiger partial charge in [0.2, 0.25) is 5.78 Å². The molecule has 6 atom stereocenters. The van der Waals surface area contributed by atoms with Crippen LogP contribution in [-0.2, 0) is 20.7 Å². The number of halogens is 1. The fourth-order valence-corrected chi connectivity index (χ4v) is 5.75. The van der Waals surface area contributed by atoms with E-state index in [1.54, 1.807) is 6.92 Å². The van der Waals surface area contributed by atoms with Crippen LogP contribution in [0, 0.1) is 0 Å². The lowest BCUT2D eigenvalue weighted by Gasteiger charge is -2.42. The third kappa shape index (κ3) is 4.45. The van der Waals surface area contributed by atoms with Gasteiger partial charge in [-0.1, -0.05) is 12.1 Å². The maximum absolute atomic E-state index is 13.6. The molecular weight excluding hydrogens is 550 g/mol. The highest BCUT2D eigenvalue weighted by atomic mass is 35.5. The third-order valence-electron chi connectivity index (χ3n) is 7.81. The number of aliphatic hydroxyl groups excluding tert-OH is 2. The van der Waals surface area contributed by atoms with E-state index in [1.165, 1.54) is 25.3 Å². The summed E-state index contributed by atoms with van der Waals surface area (Å²) >= 11 is 0. The molecule has 5 rings (SSSR count). The molecule has 0 aromatic heterocycles. The van der Waals surface area contributed by atoms with E-state index in [9.17, 15) is 39.9 Å². The average Bonchev–Trinajstić information content (AvgIpc) is 2.90. The number of aliphatic hydroxyl groups is 3. The minimum atomic E-state index is -2.24. The maximum atomic E-state index is 13.6. The van der Waals surface area contributed by atoms with Gasteiger partial charge in [0.25, 0.3) is 0 Å². The molecule has 40 heavy (non-hydrogen) atoms. The normalized spacial score (nSPS) is 29.1. The van der Waals surface area contributed by atoms with Crippen molar-refractivity contribution in [2.24, 2.45) is 5.73 Å². The van der Waals surface area contributed by atoms with E-state index in [4.69, 9.17) is 19.9 Å². The molecule has 3 aliphatic rings. The summed E-state index contributed by atoms with van der Waals surface area (Å²) in [6.45, 7) is 0.560. The first-order valence-corrected chi connectivity index (χ1v) is 12.4. The summed E-state index contributed by atoms with van der Waals surface area (Å²) in [5, 5.41) is 53.7. The van der Waals surface area contributed by atoms with Gasteiger partial charge in [0, 0.05) is 42.0 Å². The Morgan fingerprint density at radius 3 is 2.45 bits per heavy atom. The van der Waals surface area contributed by atoms with Crippen LogP contribution < -0.4 is 22.9 Å². The predicted molar refractivity (Wildman–Crippen MR) is 132 cm³/mol. The zero-order valence-corrected chi connectivity index (χ0v) is 22.3. The largest absolute Gasteiger partial charge is 1.00 e. The van der Waals surface area contributed by atoms with Crippen LogP contribution >= 0.6 is 0 Å². The number of methoxy groups -OCH3 is 1. The Morgan fingerprint density at radius 1 is 1.15 bits per heavy atom. The van der Waals surface area contributed by atoms with Crippen LogP contribution in [0.15, 0.2) is 18.2 Å². The van der Waals surface area contributed by atoms with Crippen LogP contribution in [-0.4, -0.2) is 86.7 Å². The van der Waals surface area contributed by atoms with Gasteiger partial charge in [-0.2, -0.15) is 0 Å². The van der Waals surface area contributed by atoms with Gasteiger partial charge in [0.1, 0.15) is 29.5 Å². The monoisotopic (exact) mass is 578 g/mol. The number of phenols is 2. The number of ketones is 3. The number of carbonyl (C=O) groups is 3. The highest BCUT2D eigenvalue weighted by Crippen LogP contribution is 2.52. The van der Waals surface area contributed by atoms with Gasteiger partial charge in [-0.05, 0) is 13.0 Å². The van der Waals surface area contributed by atoms with Crippen LogP contribution in [0.1, 0.15) is 68.8 Å². The predicted octanol–water partition coefficient (Wildman–Crippen LogP) is -2.99. The standard InChI is InChI=1S/C27H29NO11.ClH/c1-10-22(31)13(28)6-17(38-10)39-15-8-27(36,16(30)9-29)7-12-19(15)26(35)21-20(24(12)33)23(32)11-4-3-5-14(37-2)18(11)25(21)34;/h3-5,10,13,15,17,22,29,31,33,35-36H,6-9,28H2,1-2H3;1H/p-1/t10-,13-,15-,17+,22-,27-;/m0./s1. The Balaban J connectivity index is 0.00000370. The molecular formula is C27H29ClNO11-. The van der Waals surface area contributed by atoms with Gasteiger partial charge < -0.3 is 57.9 Å². The Bertz CT molecular complexity index is 1380. The molecule has 12 nitrogen and oxygen atoms in total. The molecule has 0 radical (unpaired) electrons. The molecule has 1 aliphatic heterocycles. The van der Waals surface area contributed by atoms with Crippen molar-refractivity contribution >= 4 is 17.3 Å². The summed E-state index contributed by atoms with van der Waals surface area (Å²) in [6, 6.07) is 3.64. The summed E-state index contributed by atoms with van der Waals surface area (Å²) in [7, 11) is 1.32.